The van der Waals surface area contributed by atoms with E-state index in [2.05, 4.69) is 0 Å². The zero-order valence-corrected chi connectivity index (χ0v) is 10.3. The molecule has 0 amide bonds. The maximum Gasteiger partial charge on any atom is 0.459 e. The molecule has 0 aromatic rings. The van der Waals surface area contributed by atoms with Crippen molar-refractivity contribution in [3.8, 4) is 0 Å². The smallest absolute Gasteiger partial charge is 0.403 e. The van der Waals surface area contributed by atoms with Crippen LogP contribution in [0.15, 0.2) is 0 Å². The lowest BCUT2D eigenvalue weighted by Gasteiger charge is -2.32. The van der Waals surface area contributed by atoms with Crippen LogP contribution in [0, 0.1) is 0 Å². The van der Waals surface area contributed by atoms with Gasteiger partial charge < -0.3 is 20.1 Å². The molecule has 3 N–H and O–H groups in total. The fraction of sp³-hybridized carbons (Fsp3) is 1.00. The van der Waals surface area contributed by atoms with Gasteiger partial charge in [0.2, 0.25) is 0 Å². The lowest BCUT2D eigenvalue weighted by Crippen LogP contribution is -2.41. The van der Waals surface area contributed by atoms with Crippen molar-refractivity contribution in [3.63, 3.8) is 0 Å². The van der Waals surface area contributed by atoms with Crippen molar-refractivity contribution >= 4 is 7.12 Å². The summed E-state index contributed by atoms with van der Waals surface area (Å²) in [6, 6.07) is -0.306. The molecule has 0 aromatic heterocycles. The molecule has 1 rings (SSSR count). The van der Waals surface area contributed by atoms with E-state index in [1.807, 2.05) is 27.7 Å². The van der Waals surface area contributed by atoms with Gasteiger partial charge in [0.05, 0.1) is 17.3 Å². The predicted octanol–water partition coefficient (Wildman–Crippen LogP) is 0.787. The largest absolute Gasteiger partial charge is 0.459 e. The maximum atomic E-state index is 9.31. The summed E-state index contributed by atoms with van der Waals surface area (Å²) >= 11 is 0. The van der Waals surface area contributed by atoms with E-state index < -0.39 is 6.10 Å². The molecule has 1 aliphatic heterocycles. The molecule has 0 aliphatic carbocycles. The van der Waals surface area contributed by atoms with E-state index in [1.165, 1.54) is 0 Å². The standard InChI is InChI=1S/C10H22BNO3/c1-7(13)8(12)6-11-14-9(2,3)10(4,5)15-11/h7-8,13H,6,12H2,1-5H3/t7-,8-/m1/s1. The summed E-state index contributed by atoms with van der Waals surface area (Å²) in [5, 5.41) is 9.31. The van der Waals surface area contributed by atoms with E-state index in [-0.39, 0.29) is 24.4 Å². The minimum atomic E-state index is -0.538. The normalized spacial score (nSPS) is 27.8. The molecule has 2 atom stereocenters. The van der Waals surface area contributed by atoms with Gasteiger partial charge in [-0.1, -0.05) is 0 Å². The first-order valence-corrected chi connectivity index (χ1v) is 5.45. The van der Waals surface area contributed by atoms with Crippen molar-refractivity contribution in [2.45, 2.75) is 64.3 Å². The first-order valence-electron chi connectivity index (χ1n) is 5.45. The van der Waals surface area contributed by atoms with E-state index in [9.17, 15) is 5.11 Å². The van der Waals surface area contributed by atoms with Crippen LogP contribution in [0.1, 0.15) is 34.6 Å². The summed E-state index contributed by atoms with van der Waals surface area (Å²) in [6.45, 7) is 9.68. The minimum absolute atomic E-state index is 0.306. The number of aliphatic hydroxyl groups excluding tert-OH is 1. The molecular formula is C10H22BNO3. The Bertz CT molecular complexity index is 215. The molecule has 0 aromatic carbocycles. The van der Waals surface area contributed by atoms with Gasteiger partial charge in [-0.3, -0.25) is 0 Å². The third kappa shape index (κ3) is 2.72. The molecule has 0 unspecified atom stereocenters. The molecular weight excluding hydrogens is 193 g/mol. The predicted molar refractivity (Wildman–Crippen MR) is 60.5 cm³/mol. The summed E-state index contributed by atoms with van der Waals surface area (Å²) in [4.78, 5) is 0. The van der Waals surface area contributed by atoms with E-state index in [0.717, 1.165) is 0 Å². The van der Waals surface area contributed by atoms with Crippen LogP contribution < -0.4 is 5.73 Å². The summed E-state index contributed by atoms with van der Waals surface area (Å²) in [5.41, 5.74) is 5.12. The highest BCUT2D eigenvalue weighted by Crippen LogP contribution is 2.37. The molecule has 88 valence electrons. The van der Waals surface area contributed by atoms with E-state index in [1.54, 1.807) is 6.92 Å². The average Bonchev–Trinajstić information content (AvgIpc) is 2.19. The number of aliphatic hydroxyl groups is 1. The highest BCUT2D eigenvalue weighted by molar-refractivity contribution is 6.45. The average molecular weight is 215 g/mol. The van der Waals surface area contributed by atoms with Crippen LogP contribution in [0.2, 0.25) is 6.32 Å². The van der Waals surface area contributed by atoms with Crippen molar-refractivity contribution in [1.29, 1.82) is 0 Å². The molecule has 0 radical (unpaired) electrons. The maximum absolute atomic E-state index is 9.31. The van der Waals surface area contributed by atoms with Crippen LogP contribution in [0.5, 0.6) is 0 Å². The zero-order chi connectivity index (χ0) is 11.9. The van der Waals surface area contributed by atoms with Crippen molar-refractivity contribution in [3.05, 3.63) is 0 Å². The van der Waals surface area contributed by atoms with Crippen molar-refractivity contribution < 1.29 is 14.4 Å². The molecule has 5 heteroatoms. The molecule has 1 aliphatic rings. The minimum Gasteiger partial charge on any atom is -0.403 e. The summed E-state index contributed by atoms with van der Waals surface area (Å²) in [7, 11) is -0.320. The molecule has 15 heavy (non-hydrogen) atoms. The van der Waals surface area contributed by atoms with Gasteiger partial charge >= 0.3 is 7.12 Å². The Kier molecular flexibility index (Phi) is 3.50. The van der Waals surface area contributed by atoms with Crippen molar-refractivity contribution in [2.24, 2.45) is 5.73 Å². The van der Waals surface area contributed by atoms with Crippen molar-refractivity contribution in [1.82, 2.24) is 0 Å². The molecule has 1 saturated heterocycles. The van der Waals surface area contributed by atoms with Gasteiger partial charge in [0.15, 0.2) is 0 Å². The quantitative estimate of drug-likeness (QED) is 0.683. The fourth-order valence-electron chi connectivity index (χ4n) is 1.48. The summed E-state index contributed by atoms with van der Waals surface area (Å²) in [5.74, 6) is 0. The Labute approximate surface area is 92.3 Å². The van der Waals surface area contributed by atoms with Gasteiger partial charge in [0.25, 0.3) is 0 Å². The van der Waals surface area contributed by atoms with E-state index in [4.69, 9.17) is 15.0 Å². The topological polar surface area (TPSA) is 64.7 Å². The Balaban J connectivity index is 2.56. The van der Waals surface area contributed by atoms with Crippen LogP contribution in [0.25, 0.3) is 0 Å². The second-order valence-corrected chi connectivity index (χ2v) is 5.33. The number of hydrogen-bond acceptors (Lipinski definition) is 4. The van der Waals surface area contributed by atoms with Crippen LogP contribution in [0.4, 0.5) is 0 Å². The Morgan fingerprint density at radius 2 is 1.60 bits per heavy atom. The highest BCUT2D eigenvalue weighted by Gasteiger charge is 2.51. The first kappa shape index (κ1) is 13.0. The number of nitrogens with two attached hydrogens (primary N) is 1. The summed E-state index contributed by atoms with van der Waals surface area (Å²) < 4.78 is 11.5. The SMILES string of the molecule is C[C@@H](O)[C@H](N)CB1OC(C)(C)C(C)(C)O1. The van der Waals surface area contributed by atoms with Crippen LogP contribution in [-0.4, -0.2) is 35.6 Å². The van der Waals surface area contributed by atoms with Gasteiger partial charge in [-0.15, -0.1) is 0 Å². The monoisotopic (exact) mass is 215 g/mol. The van der Waals surface area contributed by atoms with Gasteiger partial charge in [0.1, 0.15) is 0 Å². The molecule has 1 heterocycles. The molecule has 0 spiro atoms. The molecule has 0 saturated carbocycles. The molecule has 4 nitrogen and oxygen atoms in total. The van der Waals surface area contributed by atoms with Gasteiger partial charge in [-0.05, 0) is 40.9 Å². The second kappa shape index (κ2) is 4.05. The number of hydrogen-bond donors (Lipinski definition) is 2. The summed E-state index contributed by atoms with van der Waals surface area (Å²) in [6.07, 6.45) is -0.0196. The Morgan fingerprint density at radius 3 is 1.93 bits per heavy atom. The Hall–Kier alpha value is -0.0951. The third-order valence-corrected chi connectivity index (χ3v) is 3.39. The molecule has 0 bridgehead atoms. The van der Waals surface area contributed by atoms with Crippen LogP contribution >= 0.6 is 0 Å². The lowest BCUT2D eigenvalue weighted by atomic mass is 9.79. The molecule has 1 fully saturated rings. The third-order valence-electron chi connectivity index (χ3n) is 3.39. The van der Waals surface area contributed by atoms with E-state index >= 15 is 0 Å². The van der Waals surface area contributed by atoms with Gasteiger partial charge in [0, 0.05) is 6.04 Å². The van der Waals surface area contributed by atoms with Crippen molar-refractivity contribution in [2.75, 3.05) is 0 Å². The van der Waals surface area contributed by atoms with Gasteiger partial charge in [-0.2, -0.15) is 0 Å². The van der Waals surface area contributed by atoms with E-state index in [0.29, 0.717) is 6.32 Å². The van der Waals surface area contributed by atoms with Crippen LogP contribution in [0.3, 0.4) is 0 Å². The Morgan fingerprint density at radius 1 is 1.20 bits per heavy atom. The lowest BCUT2D eigenvalue weighted by molar-refractivity contribution is 0.00578. The second-order valence-electron chi connectivity index (χ2n) is 5.33. The van der Waals surface area contributed by atoms with Gasteiger partial charge in [-0.25, -0.2) is 0 Å². The number of rotatable bonds is 3. The first-order chi connectivity index (χ1) is 6.66. The zero-order valence-electron chi connectivity index (χ0n) is 10.3. The van der Waals surface area contributed by atoms with Crippen LogP contribution in [-0.2, 0) is 9.31 Å². The highest BCUT2D eigenvalue weighted by atomic mass is 16.7. The fourth-order valence-corrected chi connectivity index (χ4v) is 1.48.